The SMILES string of the molecule is CNC(CC(=O)O)c1cccnc1. The lowest BCUT2D eigenvalue weighted by Gasteiger charge is -2.12. The molecule has 0 saturated carbocycles. The molecule has 70 valence electrons. The molecule has 13 heavy (non-hydrogen) atoms. The van der Waals surface area contributed by atoms with Crippen LogP contribution < -0.4 is 5.32 Å². The fraction of sp³-hybridized carbons (Fsp3) is 0.333. The Bertz CT molecular complexity index is 274. The fourth-order valence-corrected chi connectivity index (χ4v) is 1.14. The van der Waals surface area contributed by atoms with Crippen molar-refractivity contribution in [3.63, 3.8) is 0 Å². The van der Waals surface area contributed by atoms with Crippen LogP contribution in [0.2, 0.25) is 0 Å². The highest BCUT2D eigenvalue weighted by molar-refractivity contribution is 5.67. The van der Waals surface area contributed by atoms with Crippen molar-refractivity contribution in [3.8, 4) is 0 Å². The lowest BCUT2D eigenvalue weighted by atomic mass is 10.1. The van der Waals surface area contributed by atoms with Gasteiger partial charge in [0.25, 0.3) is 0 Å². The summed E-state index contributed by atoms with van der Waals surface area (Å²) < 4.78 is 0. The molecular weight excluding hydrogens is 168 g/mol. The number of hydrogen-bond donors (Lipinski definition) is 2. The smallest absolute Gasteiger partial charge is 0.305 e. The van der Waals surface area contributed by atoms with Crippen LogP contribution in [0, 0.1) is 0 Å². The van der Waals surface area contributed by atoms with E-state index in [1.807, 2.05) is 6.07 Å². The molecule has 1 heterocycles. The maximum absolute atomic E-state index is 10.5. The Morgan fingerprint density at radius 1 is 1.77 bits per heavy atom. The lowest BCUT2D eigenvalue weighted by Crippen LogP contribution is -2.19. The summed E-state index contributed by atoms with van der Waals surface area (Å²) in [6.07, 6.45) is 3.41. The summed E-state index contributed by atoms with van der Waals surface area (Å²) in [5, 5.41) is 11.5. The third-order valence-electron chi connectivity index (χ3n) is 1.81. The molecule has 0 aromatic carbocycles. The van der Waals surface area contributed by atoms with Gasteiger partial charge in [-0.3, -0.25) is 9.78 Å². The van der Waals surface area contributed by atoms with E-state index in [0.717, 1.165) is 5.56 Å². The van der Waals surface area contributed by atoms with Crippen LogP contribution in [-0.2, 0) is 4.79 Å². The summed E-state index contributed by atoms with van der Waals surface area (Å²) in [5.41, 5.74) is 0.896. The first-order chi connectivity index (χ1) is 6.24. The first kappa shape index (κ1) is 9.67. The predicted octanol–water partition coefficient (Wildman–Crippen LogP) is 0.817. The second-order valence-corrected chi connectivity index (χ2v) is 2.73. The van der Waals surface area contributed by atoms with Crippen molar-refractivity contribution in [3.05, 3.63) is 30.1 Å². The molecular formula is C9H12N2O2. The van der Waals surface area contributed by atoms with Crippen LogP contribution >= 0.6 is 0 Å². The number of nitrogens with one attached hydrogen (secondary N) is 1. The summed E-state index contributed by atoms with van der Waals surface area (Å²) in [6, 6.07) is 3.49. The Labute approximate surface area is 76.6 Å². The van der Waals surface area contributed by atoms with E-state index in [1.54, 1.807) is 25.5 Å². The number of aromatic nitrogens is 1. The molecule has 0 amide bonds. The molecule has 0 aliphatic heterocycles. The maximum atomic E-state index is 10.5. The Morgan fingerprint density at radius 2 is 2.54 bits per heavy atom. The number of nitrogens with zero attached hydrogens (tertiary/aromatic N) is 1. The van der Waals surface area contributed by atoms with Crippen molar-refractivity contribution in [1.82, 2.24) is 10.3 Å². The van der Waals surface area contributed by atoms with Gasteiger partial charge in [-0.15, -0.1) is 0 Å². The Balaban J connectivity index is 2.73. The van der Waals surface area contributed by atoms with Gasteiger partial charge in [-0.2, -0.15) is 0 Å². The normalized spacial score (nSPS) is 12.4. The third-order valence-corrected chi connectivity index (χ3v) is 1.81. The third kappa shape index (κ3) is 2.83. The highest BCUT2D eigenvalue weighted by Crippen LogP contribution is 2.14. The van der Waals surface area contributed by atoms with Crippen LogP contribution in [0.1, 0.15) is 18.0 Å². The van der Waals surface area contributed by atoms with Crippen molar-refractivity contribution >= 4 is 5.97 Å². The minimum absolute atomic E-state index is 0.0716. The minimum atomic E-state index is -0.816. The Hall–Kier alpha value is -1.42. The first-order valence-electron chi connectivity index (χ1n) is 4.03. The van der Waals surface area contributed by atoms with Crippen LogP contribution in [0.3, 0.4) is 0 Å². The number of pyridine rings is 1. The number of hydrogen-bond acceptors (Lipinski definition) is 3. The topological polar surface area (TPSA) is 62.2 Å². The molecule has 1 aromatic heterocycles. The molecule has 0 spiro atoms. The summed E-state index contributed by atoms with van der Waals surface area (Å²) in [6.45, 7) is 0. The molecule has 0 aliphatic rings. The first-order valence-corrected chi connectivity index (χ1v) is 4.03. The highest BCUT2D eigenvalue weighted by Gasteiger charge is 2.12. The highest BCUT2D eigenvalue weighted by atomic mass is 16.4. The van der Waals surface area contributed by atoms with Gasteiger partial charge in [-0.05, 0) is 18.7 Å². The Kier molecular flexibility index (Phi) is 3.40. The number of carbonyl (C=O) groups is 1. The molecule has 0 aliphatic carbocycles. The van der Waals surface area contributed by atoms with E-state index < -0.39 is 5.97 Å². The second kappa shape index (κ2) is 4.57. The summed E-state index contributed by atoms with van der Waals surface area (Å²) in [7, 11) is 1.74. The van der Waals surface area contributed by atoms with E-state index in [9.17, 15) is 4.79 Å². The average Bonchev–Trinajstić information content (AvgIpc) is 2.15. The van der Waals surface area contributed by atoms with Gasteiger partial charge in [0.15, 0.2) is 0 Å². The van der Waals surface area contributed by atoms with Gasteiger partial charge in [0.1, 0.15) is 0 Å². The summed E-state index contributed by atoms with van der Waals surface area (Å²) in [5.74, 6) is -0.816. The Morgan fingerprint density at radius 3 is 3.00 bits per heavy atom. The van der Waals surface area contributed by atoms with E-state index >= 15 is 0 Å². The number of rotatable bonds is 4. The van der Waals surface area contributed by atoms with Crippen molar-refractivity contribution in [2.45, 2.75) is 12.5 Å². The van der Waals surface area contributed by atoms with Gasteiger partial charge < -0.3 is 10.4 Å². The van der Waals surface area contributed by atoms with Crippen LogP contribution in [0.4, 0.5) is 0 Å². The van der Waals surface area contributed by atoms with E-state index in [2.05, 4.69) is 10.3 Å². The zero-order valence-corrected chi connectivity index (χ0v) is 7.40. The van der Waals surface area contributed by atoms with Crippen LogP contribution in [0.5, 0.6) is 0 Å². The maximum Gasteiger partial charge on any atom is 0.305 e. The van der Waals surface area contributed by atoms with Gasteiger partial charge in [0, 0.05) is 18.4 Å². The molecule has 0 saturated heterocycles. The second-order valence-electron chi connectivity index (χ2n) is 2.73. The molecule has 1 unspecified atom stereocenters. The van der Waals surface area contributed by atoms with Crippen molar-refractivity contribution in [2.24, 2.45) is 0 Å². The van der Waals surface area contributed by atoms with Crippen LogP contribution in [-0.4, -0.2) is 23.1 Å². The molecule has 4 nitrogen and oxygen atoms in total. The monoisotopic (exact) mass is 180 g/mol. The molecule has 1 rings (SSSR count). The number of carboxylic acid groups (broad SMARTS) is 1. The van der Waals surface area contributed by atoms with E-state index in [0.29, 0.717) is 0 Å². The zero-order chi connectivity index (χ0) is 9.68. The molecule has 1 aromatic rings. The number of aliphatic carboxylic acids is 1. The van der Waals surface area contributed by atoms with Crippen LogP contribution in [0.15, 0.2) is 24.5 Å². The zero-order valence-electron chi connectivity index (χ0n) is 7.40. The van der Waals surface area contributed by atoms with Gasteiger partial charge in [0.2, 0.25) is 0 Å². The van der Waals surface area contributed by atoms with E-state index in [-0.39, 0.29) is 12.5 Å². The minimum Gasteiger partial charge on any atom is -0.481 e. The largest absolute Gasteiger partial charge is 0.481 e. The summed E-state index contributed by atoms with van der Waals surface area (Å²) in [4.78, 5) is 14.4. The molecule has 1 atom stereocenters. The summed E-state index contributed by atoms with van der Waals surface area (Å²) >= 11 is 0. The molecule has 4 heteroatoms. The van der Waals surface area contributed by atoms with Crippen molar-refractivity contribution in [2.75, 3.05) is 7.05 Å². The van der Waals surface area contributed by atoms with Crippen LogP contribution in [0.25, 0.3) is 0 Å². The lowest BCUT2D eigenvalue weighted by molar-refractivity contribution is -0.137. The van der Waals surface area contributed by atoms with Gasteiger partial charge in [-0.25, -0.2) is 0 Å². The molecule has 0 radical (unpaired) electrons. The van der Waals surface area contributed by atoms with Crippen molar-refractivity contribution in [1.29, 1.82) is 0 Å². The van der Waals surface area contributed by atoms with Gasteiger partial charge in [0.05, 0.1) is 6.42 Å². The van der Waals surface area contributed by atoms with Gasteiger partial charge in [-0.1, -0.05) is 6.07 Å². The quantitative estimate of drug-likeness (QED) is 0.720. The molecule has 0 fully saturated rings. The van der Waals surface area contributed by atoms with Gasteiger partial charge >= 0.3 is 5.97 Å². The molecule has 2 N–H and O–H groups in total. The average molecular weight is 180 g/mol. The standard InChI is InChI=1S/C9H12N2O2/c1-10-8(5-9(12)13)7-3-2-4-11-6-7/h2-4,6,8,10H,5H2,1H3,(H,12,13). The fourth-order valence-electron chi connectivity index (χ4n) is 1.14. The predicted molar refractivity (Wildman–Crippen MR) is 48.3 cm³/mol. The van der Waals surface area contributed by atoms with E-state index in [4.69, 9.17) is 5.11 Å². The number of carboxylic acids is 1. The van der Waals surface area contributed by atoms with E-state index in [1.165, 1.54) is 0 Å². The van der Waals surface area contributed by atoms with Crippen molar-refractivity contribution < 1.29 is 9.90 Å². The molecule has 0 bridgehead atoms.